The molecule has 0 bridgehead atoms. The number of hydrogen-bond donors (Lipinski definition) is 2. The summed E-state index contributed by atoms with van der Waals surface area (Å²) in [5, 5.41) is 15.5. The lowest BCUT2D eigenvalue weighted by molar-refractivity contribution is -0.116. The van der Waals surface area contributed by atoms with Crippen molar-refractivity contribution in [2.75, 3.05) is 17.6 Å². The molecular formula is C22H27N3OS. The number of nitrogens with zero attached hydrogens (tertiary/aromatic N) is 1. The van der Waals surface area contributed by atoms with Gasteiger partial charge in [-0.15, -0.1) is 0 Å². The van der Waals surface area contributed by atoms with Gasteiger partial charge in [0.05, 0.1) is 11.6 Å². The standard InChI is InChI=1S/C22H27N3OS/c1-16-7-6-10-21(18(16)3)25-22(26)13-17(2)24-11-12-27-15-20-9-5-4-8-19(20)14-23/h4-10,17,24H,11-13,15H2,1-3H3,(H,25,26). The first-order valence-corrected chi connectivity index (χ1v) is 10.3. The molecule has 0 radical (unpaired) electrons. The molecule has 0 aliphatic heterocycles. The predicted molar refractivity (Wildman–Crippen MR) is 114 cm³/mol. The number of nitriles is 1. The number of nitrogens with one attached hydrogen (secondary N) is 2. The third-order valence-electron chi connectivity index (χ3n) is 4.50. The molecule has 0 spiro atoms. The normalized spacial score (nSPS) is 11.6. The van der Waals surface area contributed by atoms with Crippen LogP contribution in [0.2, 0.25) is 0 Å². The molecule has 1 unspecified atom stereocenters. The van der Waals surface area contributed by atoms with E-state index in [1.54, 1.807) is 11.8 Å². The van der Waals surface area contributed by atoms with Crippen molar-refractivity contribution in [1.82, 2.24) is 5.32 Å². The minimum absolute atomic E-state index is 0.0271. The summed E-state index contributed by atoms with van der Waals surface area (Å²) in [7, 11) is 0. The number of benzene rings is 2. The number of thioether (sulfide) groups is 1. The van der Waals surface area contributed by atoms with Crippen LogP contribution in [-0.4, -0.2) is 24.2 Å². The zero-order valence-electron chi connectivity index (χ0n) is 16.2. The van der Waals surface area contributed by atoms with Crippen molar-refractivity contribution in [2.45, 2.75) is 39.0 Å². The van der Waals surface area contributed by atoms with Gasteiger partial charge in [-0.3, -0.25) is 4.79 Å². The molecule has 0 saturated heterocycles. The lowest BCUT2D eigenvalue weighted by Gasteiger charge is -2.15. The van der Waals surface area contributed by atoms with Crippen molar-refractivity contribution in [3.63, 3.8) is 0 Å². The first-order valence-electron chi connectivity index (χ1n) is 9.16. The second-order valence-corrected chi connectivity index (χ2v) is 7.78. The van der Waals surface area contributed by atoms with Crippen molar-refractivity contribution in [1.29, 1.82) is 5.26 Å². The van der Waals surface area contributed by atoms with E-state index < -0.39 is 0 Å². The SMILES string of the molecule is Cc1cccc(NC(=O)CC(C)NCCSCc2ccccc2C#N)c1C. The van der Waals surface area contributed by atoms with Gasteiger partial charge in [0.2, 0.25) is 5.91 Å². The molecule has 2 rings (SSSR count). The minimum Gasteiger partial charge on any atom is -0.326 e. The van der Waals surface area contributed by atoms with E-state index in [4.69, 9.17) is 5.26 Å². The van der Waals surface area contributed by atoms with Crippen LogP contribution < -0.4 is 10.6 Å². The summed E-state index contributed by atoms with van der Waals surface area (Å²) in [6.07, 6.45) is 0.440. The van der Waals surface area contributed by atoms with Gasteiger partial charge < -0.3 is 10.6 Å². The van der Waals surface area contributed by atoms with E-state index in [9.17, 15) is 4.79 Å². The number of hydrogen-bond acceptors (Lipinski definition) is 4. The molecule has 1 atom stereocenters. The van der Waals surface area contributed by atoms with E-state index in [0.717, 1.165) is 40.4 Å². The quantitative estimate of drug-likeness (QED) is 0.631. The average Bonchev–Trinajstić information content (AvgIpc) is 2.65. The molecule has 142 valence electrons. The fourth-order valence-corrected chi connectivity index (χ4v) is 3.63. The van der Waals surface area contributed by atoms with E-state index in [-0.39, 0.29) is 11.9 Å². The molecule has 0 heterocycles. The smallest absolute Gasteiger partial charge is 0.225 e. The monoisotopic (exact) mass is 381 g/mol. The van der Waals surface area contributed by atoms with Crippen LogP contribution >= 0.6 is 11.8 Å². The zero-order chi connectivity index (χ0) is 19.6. The Morgan fingerprint density at radius 1 is 1.19 bits per heavy atom. The van der Waals surface area contributed by atoms with Crippen LogP contribution in [-0.2, 0) is 10.5 Å². The van der Waals surface area contributed by atoms with E-state index in [1.807, 2.05) is 63.2 Å². The third-order valence-corrected chi connectivity index (χ3v) is 5.51. The maximum absolute atomic E-state index is 12.2. The highest BCUT2D eigenvalue weighted by Gasteiger charge is 2.10. The molecule has 0 aliphatic rings. The number of carbonyl (C=O) groups is 1. The molecule has 2 aromatic rings. The highest BCUT2D eigenvalue weighted by Crippen LogP contribution is 2.18. The van der Waals surface area contributed by atoms with Crippen LogP contribution in [0.5, 0.6) is 0 Å². The van der Waals surface area contributed by atoms with Crippen LogP contribution in [0.3, 0.4) is 0 Å². The zero-order valence-corrected chi connectivity index (χ0v) is 17.0. The van der Waals surface area contributed by atoms with Gasteiger partial charge in [0, 0.05) is 36.2 Å². The Morgan fingerprint density at radius 2 is 1.96 bits per heavy atom. The fourth-order valence-electron chi connectivity index (χ4n) is 2.75. The highest BCUT2D eigenvalue weighted by molar-refractivity contribution is 7.98. The molecule has 0 aliphatic carbocycles. The van der Waals surface area contributed by atoms with Crippen molar-refractivity contribution < 1.29 is 4.79 Å². The second-order valence-electron chi connectivity index (χ2n) is 6.68. The number of aryl methyl sites for hydroxylation is 1. The summed E-state index contributed by atoms with van der Waals surface area (Å²) in [5.74, 6) is 1.79. The molecule has 2 aromatic carbocycles. The Hall–Kier alpha value is -2.29. The van der Waals surface area contributed by atoms with Crippen LogP contribution in [0.1, 0.15) is 35.6 Å². The predicted octanol–water partition coefficient (Wildman–Crippen LogP) is 4.42. The lowest BCUT2D eigenvalue weighted by atomic mass is 10.1. The molecule has 2 N–H and O–H groups in total. The summed E-state index contributed by atoms with van der Waals surface area (Å²) in [6.45, 7) is 6.92. The van der Waals surface area contributed by atoms with E-state index in [1.165, 1.54) is 5.56 Å². The van der Waals surface area contributed by atoms with Crippen molar-refractivity contribution in [2.24, 2.45) is 0 Å². The summed E-state index contributed by atoms with van der Waals surface area (Å²) in [5.41, 5.74) is 4.99. The van der Waals surface area contributed by atoms with E-state index in [0.29, 0.717) is 6.42 Å². The molecule has 1 amide bonds. The van der Waals surface area contributed by atoms with E-state index in [2.05, 4.69) is 16.7 Å². The van der Waals surface area contributed by atoms with Gasteiger partial charge >= 0.3 is 0 Å². The topological polar surface area (TPSA) is 64.9 Å². The Labute approximate surface area is 166 Å². The molecule has 4 nitrogen and oxygen atoms in total. The molecule has 0 fully saturated rings. The van der Waals surface area contributed by atoms with Crippen molar-refractivity contribution >= 4 is 23.4 Å². The van der Waals surface area contributed by atoms with Crippen LogP contribution in [0.4, 0.5) is 5.69 Å². The number of amides is 1. The second kappa shape index (κ2) is 10.8. The van der Waals surface area contributed by atoms with E-state index >= 15 is 0 Å². The maximum Gasteiger partial charge on any atom is 0.225 e. The molecule has 5 heteroatoms. The van der Waals surface area contributed by atoms with Crippen molar-refractivity contribution in [3.05, 3.63) is 64.7 Å². The number of anilines is 1. The summed E-state index contributed by atoms with van der Waals surface area (Å²) < 4.78 is 0. The van der Waals surface area contributed by atoms with Gasteiger partial charge in [-0.2, -0.15) is 17.0 Å². The van der Waals surface area contributed by atoms with Crippen molar-refractivity contribution in [3.8, 4) is 6.07 Å². The number of rotatable bonds is 9. The summed E-state index contributed by atoms with van der Waals surface area (Å²) in [4.78, 5) is 12.2. The van der Waals surface area contributed by atoms with Crippen LogP contribution in [0.15, 0.2) is 42.5 Å². The van der Waals surface area contributed by atoms with Gasteiger partial charge in [0.15, 0.2) is 0 Å². The first kappa shape index (κ1) is 21.0. The maximum atomic E-state index is 12.2. The van der Waals surface area contributed by atoms with Crippen LogP contribution in [0.25, 0.3) is 0 Å². The van der Waals surface area contributed by atoms with Gasteiger partial charge in [-0.1, -0.05) is 30.3 Å². The van der Waals surface area contributed by atoms with Gasteiger partial charge in [0.25, 0.3) is 0 Å². The van der Waals surface area contributed by atoms with Gasteiger partial charge in [-0.25, -0.2) is 0 Å². The van der Waals surface area contributed by atoms with Gasteiger partial charge in [-0.05, 0) is 49.6 Å². The van der Waals surface area contributed by atoms with Gasteiger partial charge in [0.1, 0.15) is 0 Å². The Balaban J connectivity index is 1.67. The molecule has 0 aromatic heterocycles. The first-order chi connectivity index (χ1) is 13.0. The highest BCUT2D eigenvalue weighted by atomic mass is 32.2. The minimum atomic E-state index is 0.0271. The Kier molecular flexibility index (Phi) is 8.38. The fraction of sp³-hybridized carbons (Fsp3) is 0.364. The Bertz CT molecular complexity index is 813. The van der Waals surface area contributed by atoms with Crippen LogP contribution in [0, 0.1) is 25.2 Å². The molecule has 0 saturated carbocycles. The third kappa shape index (κ3) is 6.74. The molecular weight excluding hydrogens is 354 g/mol. The average molecular weight is 382 g/mol. The number of carbonyl (C=O) groups excluding carboxylic acids is 1. The largest absolute Gasteiger partial charge is 0.326 e. The summed E-state index contributed by atoms with van der Waals surface area (Å²) in [6, 6.07) is 16.0. The lowest BCUT2D eigenvalue weighted by Crippen LogP contribution is -2.32. The Morgan fingerprint density at radius 3 is 2.74 bits per heavy atom. The summed E-state index contributed by atoms with van der Waals surface area (Å²) >= 11 is 1.79. The molecule has 27 heavy (non-hydrogen) atoms.